The lowest BCUT2D eigenvalue weighted by atomic mass is 10.1. The second-order valence-corrected chi connectivity index (χ2v) is 7.46. The van der Waals surface area contributed by atoms with Crippen molar-refractivity contribution < 1.29 is 4.79 Å². The van der Waals surface area contributed by atoms with Crippen LogP contribution >= 0.6 is 0 Å². The van der Waals surface area contributed by atoms with Crippen LogP contribution in [0.15, 0.2) is 60.7 Å². The predicted octanol–water partition coefficient (Wildman–Crippen LogP) is 3.46. The fourth-order valence-electron chi connectivity index (χ4n) is 3.32. The number of anilines is 2. The quantitative estimate of drug-likeness (QED) is 0.743. The van der Waals surface area contributed by atoms with Gasteiger partial charge in [0.25, 0.3) is 5.91 Å². The largest absolute Gasteiger partial charge is 0.353 e. The highest BCUT2D eigenvalue weighted by molar-refractivity contribution is 6.04. The molecule has 1 fully saturated rings. The first-order valence-electron chi connectivity index (χ1n) is 9.84. The van der Waals surface area contributed by atoms with E-state index in [1.54, 1.807) is 0 Å². The number of hydrogen-bond donors (Lipinski definition) is 1. The third kappa shape index (κ3) is 4.60. The van der Waals surface area contributed by atoms with Crippen LogP contribution in [-0.2, 0) is 0 Å². The van der Waals surface area contributed by atoms with E-state index in [4.69, 9.17) is 0 Å². The number of aromatic nitrogens is 2. The van der Waals surface area contributed by atoms with Crippen LogP contribution in [0.5, 0.6) is 0 Å². The number of nitrogens with zero attached hydrogens (tertiary/aromatic N) is 4. The number of carbonyl (C=O) groups is 1. The van der Waals surface area contributed by atoms with Crippen molar-refractivity contribution in [3.05, 3.63) is 71.8 Å². The molecule has 0 atom stereocenters. The zero-order valence-corrected chi connectivity index (χ0v) is 16.8. The predicted molar refractivity (Wildman–Crippen MR) is 116 cm³/mol. The number of aryl methyl sites for hydroxylation is 1. The van der Waals surface area contributed by atoms with E-state index in [1.807, 2.05) is 67.6 Å². The van der Waals surface area contributed by atoms with E-state index in [9.17, 15) is 4.79 Å². The summed E-state index contributed by atoms with van der Waals surface area (Å²) in [5, 5.41) is 11.7. The van der Waals surface area contributed by atoms with Gasteiger partial charge in [-0.3, -0.25) is 4.79 Å². The number of rotatable bonds is 4. The molecule has 4 rings (SSSR count). The minimum absolute atomic E-state index is 0.117. The average Bonchev–Trinajstić information content (AvgIpc) is 2.75. The number of nitrogens with one attached hydrogen (secondary N) is 1. The van der Waals surface area contributed by atoms with Crippen molar-refractivity contribution in [2.24, 2.45) is 0 Å². The van der Waals surface area contributed by atoms with Crippen LogP contribution in [-0.4, -0.2) is 54.2 Å². The molecule has 6 nitrogen and oxygen atoms in total. The monoisotopic (exact) mass is 387 g/mol. The van der Waals surface area contributed by atoms with E-state index in [-0.39, 0.29) is 5.91 Å². The van der Waals surface area contributed by atoms with Crippen molar-refractivity contribution in [1.82, 2.24) is 15.1 Å². The van der Waals surface area contributed by atoms with E-state index in [0.717, 1.165) is 54.5 Å². The fraction of sp³-hybridized carbons (Fsp3) is 0.261. The van der Waals surface area contributed by atoms with Crippen molar-refractivity contribution >= 4 is 17.4 Å². The summed E-state index contributed by atoms with van der Waals surface area (Å²) < 4.78 is 0. The highest BCUT2D eigenvalue weighted by atomic mass is 16.1. The lowest BCUT2D eigenvalue weighted by Gasteiger charge is -2.32. The molecule has 0 unspecified atom stereocenters. The highest BCUT2D eigenvalue weighted by Gasteiger charge is 2.15. The number of carbonyl (C=O) groups excluding carboxylic acids is 1. The summed E-state index contributed by atoms with van der Waals surface area (Å²) in [6.45, 7) is 6.03. The standard InChI is InChI=1S/C23H25N5O/c1-17-3-5-19(6-4-17)23(29)24-20-9-7-18(8-10-20)21-11-12-22(26-25-21)28-15-13-27(2)14-16-28/h3-12H,13-16H2,1-2H3,(H,24,29). The Kier molecular flexibility index (Phi) is 5.53. The van der Waals surface area contributed by atoms with Crippen LogP contribution in [0.1, 0.15) is 15.9 Å². The van der Waals surface area contributed by atoms with Crippen LogP contribution in [0.25, 0.3) is 11.3 Å². The van der Waals surface area contributed by atoms with Gasteiger partial charge in [0.1, 0.15) is 0 Å². The van der Waals surface area contributed by atoms with Gasteiger partial charge in [-0.1, -0.05) is 29.8 Å². The van der Waals surface area contributed by atoms with Crippen molar-refractivity contribution in [1.29, 1.82) is 0 Å². The van der Waals surface area contributed by atoms with E-state index in [1.165, 1.54) is 0 Å². The molecule has 1 aromatic heterocycles. The summed E-state index contributed by atoms with van der Waals surface area (Å²) in [6, 6.07) is 19.2. The Morgan fingerprint density at radius 2 is 1.55 bits per heavy atom. The second kappa shape index (κ2) is 8.41. The van der Waals surface area contributed by atoms with E-state index < -0.39 is 0 Å². The molecule has 1 aliphatic heterocycles. The molecule has 1 saturated heterocycles. The minimum Gasteiger partial charge on any atom is -0.353 e. The summed E-state index contributed by atoms with van der Waals surface area (Å²) in [5.41, 5.74) is 4.31. The van der Waals surface area contributed by atoms with Crippen LogP contribution < -0.4 is 10.2 Å². The molecule has 1 aliphatic rings. The first-order chi connectivity index (χ1) is 14.1. The van der Waals surface area contributed by atoms with Crippen molar-refractivity contribution in [3.8, 4) is 11.3 Å². The van der Waals surface area contributed by atoms with Crippen LogP contribution in [0.4, 0.5) is 11.5 Å². The molecular formula is C23H25N5O. The average molecular weight is 387 g/mol. The van der Waals surface area contributed by atoms with Gasteiger partial charge in [-0.05, 0) is 50.4 Å². The third-order valence-corrected chi connectivity index (χ3v) is 5.23. The van der Waals surface area contributed by atoms with Gasteiger partial charge in [-0.15, -0.1) is 10.2 Å². The van der Waals surface area contributed by atoms with Gasteiger partial charge in [0, 0.05) is 43.0 Å². The zero-order chi connectivity index (χ0) is 20.2. The second-order valence-electron chi connectivity index (χ2n) is 7.46. The molecular weight excluding hydrogens is 362 g/mol. The van der Waals surface area contributed by atoms with Crippen LogP contribution in [0.3, 0.4) is 0 Å². The Labute approximate surface area is 171 Å². The van der Waals surface area contributed by atoms with Gasteiger partial charge in [-0.2, -0.15) is 0 Å². The third-order valence-electron chi connectivity index (χ3n) is 5.23. The maximum Gasteiger partial charge on any atom is 0.255 e. The molecule has 2 heterocycles. The molecule has 0 spiro atoms. The Bertz CT molecular complexity index is 960. The van der Waals surface area contributed by atoms with Crippen molar-refractivity contribution in [2.45, 2.75) is 6.92 Å². The summed E-state index contributed by atoms with van der Waals surface area (Å²) in [4.78, 5) is 16.9. The lowest BCUT2D eigenvalue weighted by molar-refractivity contribution is 0.102. The normalized spacial score (nSPS) is 14.6. The molecule has 0 bridgehead atoms. The van der Waals surface area contributed by atoms with Crippen LogP contribution in [0.2, 0.25) is 0 Å². The number of piperazine rings is 1. The number of benzene rings is 2. The highest BCUT2D eigenvalue weighted by Crippen LogP contribution is 2.21. The molecule has 3 aromatic rings. The molecule has 148 valence electrons. The molecule has 0 radical (unpaired) electrons. The molecule has 6 heteroatoms. The smallest absolute Gasteiger partial charge is 0.255 e. The van der Waals surface area contributed by atoms with Gasteiger partial charge < -0.3 is 15.1 Å². The molecule has 0 saturated carbocycles. The minimum atomic E-state index is -0.117. The first-order valence-corrected chi connectivity index (χ1v) is 9.84. The fourth-order valence-corrected chi connectivity index (χ4v) is 3.32. The summed E-state index contributed by atoms with van der Waals surface area (Å²) in [5.74, 6) is 0.804. The van der Waals surface area contributed by atoms with E-state index in [2.05, 4.69) is 32.4 Å². The number of hydrogen-bond acceptors (Lipinski definition) is 5. The van der Waals surface area contributed by atoms with Gasteiger partial charge in [0.15, 0.2) is 5.82 Å². The Hall–Kier alpha value is -3.25. The topological polar surface area (TPSA) is 61.4 Å². The SMILES string of the molecule is Cc1ccc(C(=O)Nc2ccc(-c3ccc(N4CCN(C)CC4)nn3)cc2)cc1. The van der Waals surface area contributed by atoms with Gasteiger partial charge in [0.2, 0.25) is 0 Å². The van der Waals surface area contributed by atoms with Gasteiger partial charge >= 0.3 is 0 Å². The molecule has 2 aromatic carbocycles. The Balaban J connectivity index is 1.41. The molecule has 0 aliphatic carbocycles. The Morgan fingerprint density at radius 1 is 0.862 bits per heavy atom. The van der Waals surface area contributed by atoms with Crippen LogP contribution in [0, 0.1) is 6.92 Å². The van der Waals surface area contributed by atoms with Crippen molar-refractivity contribution in [3.63, 3.8) is 0 Å². The van der Waals surface area contributed by atoms with Gasteiger partial charge in [-0.25, -0.2) is 0 Å². The maximum atomic E-state index is 12.3. The maximum absolute atomic E-state index is 12.3. The molecule has 1 amide bonds. The zero-order valence-electron chi connectivity index (χ0n) is 16.8. The molecule has 1 N–H and O–H groups in total. The van der Waals surface area contributed by atoms with E-state index >= 15 is 0 Å². The summed E-state index contributed by atoms with van der Waals surface area (Å²) >= 11 is 0. The number of likely N-dealkylation sites (N-methyl/N-ethyl adjacent to an activating group) is 1. The van der Waals surface area contributed by atoms with Gasteiger partial charge in [0.05, 0.1) is 5.69 Å². The Morgan fingerprint density at radius 3 is 2.17 bits per heavy atom. The molecule has 29 heavy (non-hydrogen) atoms. The summed E-state index contributed by atoms with van der Waals surface area (Å²) in [7, 11) is 2.14. The summed E-state index contributed by atoms with van der Waals surface area (Å²) in [6.07, 6.45) is 0. The van der Waals surface area contributed by atoms with E-state index in [0.29, 0.717) is 5.56 Å². The van der Waals surface area contributed by atoms with Crippen molar-refractivity contribution in [2.75, 3.05) is 43.4 Å². The number of amides is 1. The lowest BCUT2D eigenvalue weighted by Crippen LogP contribution is -2.44. The first kappa shape index (κ1) is 19.1.